The smallest absolute Gasteiger partial charge is 0.262 e. The van der Waals surface area contributed by atoms with Gasteiger partial charge in [0.15, 0.2) is 0 Å². The fourth-order valence-electron chi connectivity index (χ4n) is 3.41. The normalized spacial score (nSPS) is 17.4. The van der Waals surface area contributed by atoms with Gasteiger partial charge in [-0.05, 0) is 60.6 Å². The molecule has 0 bridgehead atoms. The Morgan fingerprint density at radius 3 is 2.57 bits per heavy atom. The van der Waals surface area contributed by atoms with Crippen molar-refractivity contribution < 1.29 is 17.9 Å². The van der Waals surface area contributed by atoms with Crippen LogP contribution >= 0.6 is 0 Å². The maximum Gasteiger partial charge on any atom is 0.262 e. The van der Waals surface area contributed by atoms with Crippen LogP contribution in [-0.4, -0.2) is 33.6 Å². The van der Waals surface area contributed by atoms with E-state index in [1.807, 2.05) is 32.9 Å². The van der Waals surface area contributed by atoms with E-state index < -0.39 is 10.0 Å². The average molecular weight is 431 g/mol. The van der Waals surface area contributed by atoms with E-state index in [0.717, 1.165) is 25.0 Å². The molecule has 7 heteroatoms. The fourth-order valence-corrected chi connectivity index (χ4v) is 4.73. The van der Waals surface area contributed by atoms with Crippen molar-refractivity contribution in [2.45, 2.75) is 56.9 Å². The first-order chi connectivity index (χ1) is 14.1. The molecule has 0 aromatic heterocycles. The van der Waals surface area contributed by atoms with Crippen LogP contribution in [-0.2, 0) is 20.2 Å². The molecule has 1 aliphatic heterocycles. The van der Waals surface area contributed by atoms with Gasteiger partial charge in [-0.3, -0.25) is 9.52 Å². The molecule has 6 nitrogen and oxygen atoms in total. The van der Waals surface area contributed by atoms with E-state index in [2.05, 4.69) is 10.0 Å². The Balaban J connectivity index is 1.80. The molecular formula is C23H30N2O4S. The lowest BCUT2D eigenvalue weighted by Crippen LogP contribution is -2.40. The van der Waals surface area contributed by atoms with Crippen LogP contribution in [0, 0.1) is 6.92 Å². The summed E-state index contributed by atoms with van der Waals surface area (Å²) < 4.78 is 34.2. The number of carbonyl (C=O) groups excluding carboxylic acids is 1. The summed E-state index contributed by atoms with van der Waals surface area (Å²) in [5.74, 6) is -0.238. The topological polar surface area (TPSA) is 84.5 Å². The molecule has 162 valence electrons. The monoisotopic (exact) mass is 430 g/mol. The second-order valence-corrected chi connectivity index (χ2v) is 10.5. The van der Waals surface area contributed by atoms with Gasteiger partial charge >= 0.3 is 0 Å². The Kier molecular flexibility index (Phi) is 6.53. The van der Waals surface area contributed by atoms with Gasteiger partial charge < -0.3 is 10.1 Å². The van der Waals surface area contributed by atoms with Crippen molar-refractivity contribution in [2.24, 2.45) is 0 Å². The summed E-state index contributed by atoms with van der Waals surface area (Å²) in [6, 6.07) is 12.0. The molecule has 1 fully saturated rings. The Hall–Kier alpha value is -2.38. The highest BCUT2D eigenvalue weighted by atomic mass is 32.2. The van der Waals surface area contributed by atoms with Crippen LogP contribution in [0.3, 0.4) is 0 Å². The van der Waals surface area contributed by atoms with E-state index in [4.69, 9.17) is 4.74 Å². The van der Waals surface area contributed by atoms with Crippen molar-refractivity contribution in [1.82, 2.24) is 5.32 Å². The highest BCUT2D eigenvalue weighted by Gasteiger charge is 2.22. The van der Waals surface area contributed by atoms with Crippen molar-refractivity contribution in [3.8, 4) is 0 Å². The summed E-state index contributed by atoms with van der Waals surface area (Å²) >= 11 is 0. The number of rotatable bonds is 5. The second-order valence-electron chi connectivity index (χ2n) is 8.80. The van der Waals surface area contributed by atoms with Crippen molar-refractivity contribution in [1.29, 1.82) is 0 Å². The number of aryl methyl sites for hydroxylation is 1. The van der Waals surface area contributed by atoms with Crippen LogP contribution in [0.5, 0.6) is 0 Å². The lowest BCUT2D eigenvalue weighted by Gasteiger charge is -2.23. The molecule has 0 saturated carbocycles. The maximum absolute atomic E-state index is 13.1. The lowest BCUT2D eigenvalue weighted by atomic mass is 9.87. The highest BCUT2D eigenvalue weighted by Crippen LogP contribution is 2.28. The first kappa shape index (κ1) is 22.3. The summed E-state index contributed by atoms with van der Waals surface area (Å²) in [7, 11) is -3.80. The molecule has 1 atom stereocenters. The molecule has 2 N–H and O–H groups in total. The Bertz CT molecular complexity index is 1020. The number of sulfonamides is 1. The van der Waals surface area contributed by atoms with Gasteiger partial charge in [0.1, 0.15) is 0 Å². The minimum absolute atomic E-state index is 0.0191. The molecule has 2 aromatic rings. The third kappa shape index (κ3) is 5.40. The number of benzene rings is 2. The lowest BCUT2D eigenvalue weighted by molar-refractivity contribution is 0.0624. The predicted octanol–water partition coefficient (Wildman–Crippen LogP) is 4.00. The number of hydrogen-bond acceptors (Lipinski definition) is 4. The largest absolute Gasteiger partial charge is 0.379 e. The van der Waals surface area contributed by atoms with Crippen molar-refractivity contribution >= 4 is 21.6 Å². The Morgan fingerprint density at radius 1 is 1.13 bits per heavy atom. The summed E-state index contributed by atoms with van der Waals surface area (Å²) in [5, 5.41) is 2.95. The van der Waals surface area contributed by atoms with Gasteiger partial charge in [0.2, 0.25) is 0 Å². The number of carbonyl (C=O) groups is 1. The minimum Gasteiger partial charge on any atom is -0.379 e. The van der Waals surface area contributed by atoms with E-state index in [-0.39, 0.29) is 22.3 Å². The van der Waals surface area contributed by atoms with Crippen molar-refractivity contribution in [2.75, 3.05) is 17.9 Å². The average Bonchev–Trinajstić information content (AvgIpc) is 2.68. The minimum atomic E-state index is -3.80. The van der Waals surface area contributed by atoms with Crippen LogP contribution in [0.4, 0.5) is 5.69 Å². The molecule has 2 aromatic carbocycles. The fraction of sp³-hybridized carbons (Fsp3) is 0.435. The molecule has 30 heavy (non-hydrogen) atoms. The SMILES string of the molecule is Cc1ccc(C(C)(C)C)cc1S(=O)(=O)Nc1cccc(C(=O)NC2CCCOC2)c1. The van der Waals surface area contributed by atoms with E-state index in [1.54, 1.807) is 37.3 Å². The van der Waals surface area contributed by atoms with Gasteiger partial charge in [-0.25, -0.2) is 8.42 Å². The van der Waals surface area contributed by atoms with Crippen LogP contribution < -0.4 is 10.0 Å². The number of amides is 1. The summed E-state index contributed by atoms with van der Waals surface area (Å²) in [5.41, 5.74) is 2.20. The molecular weight excluding hydrogens is 400 g/mol. The number of nitrogens with one attached hydrogen (secondary N) is 2. The molecule has 1 amide bonds. The third-order valence-electron chi connectivity index (χ3n) is 5.22. The van der Waals surface area contributed by atoms with E-state index >= 15 is 0 Å². The quantitative estimate of drug-likeness (QED) is 0.751. The van der Waals surface area contributed by atoms with E-state index in [1.165, 1.54) is 0 Å². The number of anilines is 1. The number of ether oxygens (including phenoxy) is 1. The standard InChI is InChI=1S/C23H30N2O4S/c1-16-10-11-18(23(2,3)4)14-21(16)30(27,28)25-19-8-5-7-17(13-19)22(26)24-20-9-6-12-29-15-20/h5,7-8,10-11,13-14,20,25H,6,9,12,15H2,1-4H3,(H,24,26). The van der Waals surface area contributed by atoms with E-state index in [9.17, 15) is 13.2 Å². The van der Waals surface area contributed by atoms with Gasteiger partial charge in [-0.15, -0.1) is 0 Å². The summed E-state index contributed by atoms with van der Waals surface area (Å²) in [6.07, 6.45) is 1.79. The zero-order valence-electron chi connectivity index (χ0n) is 18.0. The summed E-state index contributed by atoms with van der Waals surface area (Å²) in [6.45, 7) is 9.13. The molecule has 0 spiro atoms. The summed E-state index contributed by atoms with van der Waals surface area (Å²) in [4.78, 5) is 12.8. The van der Waals surface area contributed by atoms with Gasteiger partial charge in [-0.1, -0.05) is 39.0 Å². The molecule has 1 unspecified atom stereocenters. The molecule has 1 aliphatic rings. The van der Waals surface area contributed by atoms with E-state index in [0.29, 0.717) is 23.4 Å². The molecule has 1 saturated heterocycles. The highest BCUT2D eigenvalue weighted by molar-refractivity contribution is 7.92. The second kappa shape index (κ2) is 8.78. The number of hydrogen-bond donors (Lipinski definition) is 2. The Morgan fingerprint density at radius 2 is 1.90 bits per heavy atom. The Labute approximate surface area is 179 Å². The maximum atomic E-state index is 13.1. The predicted molar refractivity (Wildman–Crippen MR) is 118 cm³/mol. The van der Waals surface area contributed by atoms with Gasteiger partial charge in [0.05, 0.1) is 17.5 Å². The van der Waals surface area contributed by atoms with Gasteiger partial charge in [-0.2, -0.15) is 0 Å². The van der Waals surface area contributed by atoms with Crippen LogP contribution in [0.1, 0.15) is 55.1 Å². The van der Waals surface area contributed by atoms with Crippen LogP contribution in [0.2, 0.25) is 0 Å². The van der Waals surface area contributed by atoms with Gasteiger partial charge in [0.25, 0.3) is 15.9 Å². The molecule has 1 heterocycles. The first-order valence-electron chi connectivity index (χ1n) is 10.2. The zero-order valence-corrected chi connectivity index (χ0v) is 18.8. The van der Waals surface area contributed by atoms with Crippen LogP contribution in [0.25, 0.3) is 0 Å². The van der Waals surface area contributed by atoms with Crippen molar-refractivity contribution in [3.63, 3.8) is 0 Å². The third-order valence-corrected chi connectivity index (χ3v) is 6.74. The zero-order chi connectivity index (χ0) is 21.9. The van der Waals surface area contributed by atoms with Gasteiger partial charge in [0, 0.05) is 17.9 Å². The molecule has 3 rings (SSSR count). The first-order valence-corrected chi connectivity index (χ1v) is 11.7. The van der Waals surface area contributed by atoms with Crippen molar-refractivity contribution in [3.05, 3.63) is 59.2 Å². The van der Waals surface area contributed by atoms with Crippen LogP contribution in [0.15, 0.2) is 47.4 Å². The molecule has 0 radical (unpaired) electrons. The molecule has 0 aliphatic carbocycles.